The van der Waals surface area contributed by atoms with Gasteiger partial charge in [0.05, 0.1) is 16.9 Å². The molecule has 1 aliphatic rings. The van der Waals surface area contributed by atoms with Crippen LogP contribution >= 0.6 is 0 Å². The number of benzene rings is 3. The van der Waals surface area contributed by atoms with E-state index in [2.05, 4.69) is 22.5 Å². The van der Waals surface area contributed by atoms with Crippen LogP contribution in [0.4, 0.5) is 26.2 Å². The number of urea groups is 1. The molecule has 6 nitrogen and oxygen atoms in total. The van der Waals surface area contributed by atoms with E-state index in [-0.39, 0.29) is 11.1 Å². The lowest BCUT2D eigenvalue weighted by Gasteiger charge is -2.37. The zero-order valence-corrected chi connectivity index (χ0v) is 21.4. The summed E-state index contributed by atoms with van der Waals surface area (Å²) in [4.78, 5) is 27.3. The Morgan fingerprint density at radius 1 is 0.973 bits per heavy atom. The van der Waals surface area contributed by atoms with Crippen molar-refractivity contribution in [2.75, 3.05) is 22.1 Å². The molecule has 1 saturated carbocycles. The number of carbonyl (C=O) groups is 2. The van der Waals surface area contributed by atoms with Crippen molar-refractivity contribution in [2.45, 2.75) is 58.4 Å². The fourth-order valence-corrected chi connectivity index (χ4v) is 5.05. The fourth-order valence-electron chi connectivity index (χ4n) is 5.05. The average molecular weight is 504 g/mol. The van der Waals surface area contributed by atoms with Crippen molar-refractivity contribution in [1.29, 1.82) is 0 Å². The van der Waals surface area contributed by atoms with Gasteiger partial charge in [-0.15, -0.1) is 0 Å². The summed E-state index contributed by atoms with van der Waals surface area (Å²) in [7, 11) is 0. The molecule has 0 aliphatic heterocycles. The van der Waals surface area contributed by atoms with Gasteiger partial charge in [0, 0.05) is 18.3 Å². The van der Waals surface area contributed by atoms with E-state index in [1.54, 1.807) is 6.07 Å². The van der Waals surface area contributed by atoms with Crippen LogP contribution in [0.3, 0.4) is 0 Å². The number of anilines is 3. The molecule has 0 spiro atoms. The fraction of sp³-hybridized carbons (Fsp3) is 0.333. The highest BCUT2D eigenvalue weighted by Gasteiger charge is 2.24. The Balaban J connectivity index is 1.74. The van der Waals surface area contributed by atoms with Crippen molar-refractivity contribution >= 4 is 29.1 Å². The predicted molar refractivity (Wildman–Crippen MR) is 147 cm³/mol. The van der Waals surface area contributed by atoms with Gasteiger partial charge in [-0.25, -0.2) is 14.0 Å². The Hall–Kier alpha value is -3.87. The predicted octanol–water partition coefficient (Wildman–Crippen LogP) is 7.69. The number of nitrogens with zero attached hydrogens (tertiary/aromatic N) is 1. The summed E-state index contributed by atoms with van der Waals surface area (Å²) in [6.07, 6.45) is 6.70. The molecule has 37 heavy (non-hydrogen) atoms. The SMILES string of the molecule is CCCN(c1ccc(-c2cc(F)ccc2C(=O)O)cc1NC(=O)Nc1ccc(C)cc1)C1CCCCC1. The van der Waals surface area contributed by atoms with Crippen molar-refractivity contribution in [3.05, 3.63) is 77.6 Å². The van der Waals surface area contributed by atoms with Gasteiger partial charge in [-0.1, -0.05) is 49.9 Å². The number of halogens is 1. The molecule has 4 rings (SSSR count). The molecule has 194 valence electrons. The molecule has 3 aromatic rings. The molecule has 0 atom stereocenters. The first-order valence-corrected chi connectivity index (χ1v) is 12.9. The highest BCUT2D eigenvalue weighted by atomic mass is 19.1. The van der Waals surface area contributed by atoms with Crippen LogP contribution in [0.2, 0.25) is 0 Å². The van der Waals surface area contributed by atoms with Crippen LogP contribution in [-0.2, 0) is 0 Å². The van der Waals surface area contributed by atoms with Crippen molar-refractivity contribution < 1.29 is 19.1 Å². The van der Waals surface area contributed by atoms with E-state index in [0.717, 1.165) is 43.1 Å². The number of aryl methyl sites for hydroxylation is 1. The smallest absolute Gasteiger partial charge is 0.336 e. The van der Waals surface area contributed by atoms with E-state index in [9.17, 15) is 19.1 Å². The lowest BCUT2D eigenvalue weighted by atomic mass is 9.93. The summed E-state index contributed by atoms with van der Waals surface area (Å²) in [5, 5.41) is 15.6. The molecule has 3 N–H and O–H groups in total. The van der Waals surface area contributed by atoms with Gasteiger partial charge in [0.25, 0.3) is 0 Å². The van der Waals surface area contributed by atoms with Crippen LogP contribution in [0.15, 0.2) is 60.7 Å². The van der Waals surface area contributed by atoms with Crippen LogP contribution < -0.4 is 15.5 Å². The van der Waals surface area contributed by atoms with Gasteiger partial charge in [0.1, 0.15) is 5.82 Å². The lowest BCUT2D eigenvalue weighted by Crippen LogP contribution is -2.38. The number of hydrogen-bond acceptors (Lipinski definition) is 3. The third kappa shape index (κ3) is 6.47. The number of nitrogens with one attached hydrogen (secondary N) is 2. The zero-order valence-electron chi connectivity index (χ0n) is 21.4. The minimum absolute atomic E-state index is 0.00176. The van der Waals surface area contributed by atoms with Crippen LogP contribution in [0.5, 0.6) is 0 Å². The summed E-state index contributed by atoms with van der Waals surface area (Å²) < 4.78 is 14.1. The Kier molecular flexibility index (Phi) is 8.43. The summed E-state index contributed by atoms with van der Waals surface area (Å²) >= 11 is 0. The van der Waals surface area contributed by atoms with Crippen LogP contribution in [0, 0.1) is 12.7 Å². The molecule has 1 fully saturated rings. The molecule has 0 radical (unpaired) electrons. The molecule has 7 heteroatoms. The van der Waals surface area contributed by atoms with Gasteiger partial charge >= 0.3 is 12.0 Å². The molecule has 1 aliphatic carbocycles. The molecule has 0 bridgehead atoms. The third-order valence-electron chi connectivity index (χ3n) is 6.87. The van der Waals surface area contributed by atoms with Gasteiger partial charge in [-0.3, -0.25) is 0 Å². The maximum Gasteiger partial charge on any atom is 0.336 e. The van der Waals surface area contributed by atoms with E-state index >= 15 is 0 Å². The minimum Gasteiger partial charge on any atom is -0.478 e. The largest absolute Gasteiger partial charge is 0.478 e. The number of aromatic carboxylic acids is 1. The second-order valence-corrected chi connectivity index (χ2v) is 9.66. The molecule has 0 heterocycles. The quantitative estimate of drug-likeness (QED) is 0.294. The van der Waals surface area contributed by atoms with Crippen LogP contribution in [0.25, 0.3) is 11.1 Å². The number of hydrogen-bond donors (Lipinski definition) is 3. The standard InChI is InChI=1S/C30H34FN3O3/c1-3-17-34(24-7-5-4-6-8-24)28-16-11-21(26-19-22(31)12-15-25(26)29(35)36)18-27(28)33-30(37)32-23-13-9-20(2)10-14-23/h9-16,18-19,24H,3-8,17H2,1-2H3,(H,35,36)(H2,32,33,37). The first-order valence-electron chi connectivity index (χ1n) is 12.9. The second-order valence-electron chi connectivity index (χ2n) is 9.66. The zero-order chi connectivity index (χ0) is 26.4. The number of carbonyl (C=O) groups excluding carboxylic acids is 1. The normalized spacial score (nSPS) is 13.7. The van der Waals surface area contributed by atoms with Gasteiger partial charge in [-0.05, 0) is 79.8 Å². The summed E-state index contributed by atoms with van der Waals surface area (Å²) in [5.41, 5.74) is 3.98. The average Bonchev–Trinajstić information content (AvgIpc) is 2.89. The molecule has 0 aromatic heterocycles. The summed E-state index contributed by atoms with van der Waals surface area (Å²) in [6.45, 7) is 4.94. The second kappa shape index (κ2) is 11.9. The van der Waals surface area contributed by atoms with Gasteiger partial charge < -0.3 is 20.6 Å². The highest BCUT2D eigenvalue weighted by Crippen LogP contribution is 2.37. The first kappa shape index (κ1) is 26.2. The number of carboxylic acids is 1. The highest BCUT2D eigenvalue weighted by molar-refractivity contribution is 6.03. The molecule has 0 unspecified atom stereocenters. The van der Waals surface area contributed by atoms with Crippen molar-refractivity contribution in [3.8, 4) is 11.1 Å². The van der Waals surface area contributed by atoms with Crippen molar-refractivity contribution in [2.24, 2.45) is 0 Å². The lowest BCUT2D eigenvalue weighted by molar-refractivity contribution is 0.0697. The Morgan fingerprint density at radius 3 is 2.38 bits per heavy atom. The van der Waals surface area contributed by atoms with E-state index < -0.39 is 17.8 Å². The number of rotatable bonds is 8. The van der Waals surface area contributed by atoms with Crippen LogP contribution in [0.1, 0.15) is 61.4 Å². The topological polar surface area (TPSA) is 81.7 Å². The van der Waals surface area contributed by atoms with Crippen molar-refractivity contribution in [1.82, 2.24) is 0 Å². The number of amides is 2. The molecular formula is C30H34FN3O3. The van der Waals surface area contributed by atoms with E-state index in [1.807, 2.05) is 43.3 Å². The Morgan fingerprint density at radius 2 is 1.70 bits per heavy atom. The maximum atomic E-state index is 14.1. The van der Waals surface area contributed by atoms with Gasteiger partial charge in [0.2, 0.25) is 0 Å². The Bertz CT molecular complexity index is 1250. The van der Waals surface area contributed by atoms with Crippen LogP contribution in [-0.4, -0.2) is 29.7 Å². The van der Waals surface area contributed by atoms with Crippen molar-refractivity contribution in [3.63, 3.8) is 0 Å². The number of carboxylic acid groups (broad SMARTS) is 1. The minimum atomic E-state index is -1.14. The van der Waals surface area contributed by atoms with Gasteiger partial charge in [-0.2, -0.15) is 0 Å². The molecule has 2 amide bonds. The molecule has 0 saturated heterocycles. The molecular weight excluding hydrogens is 469 g/mol. The maximum absolute atomic E-state index is 14.1. The first-order chi connectivity index (χ1) is 17.9. The van der Waals surface area contributed by atoms with E-state index in [4.69, 9.17) is 0 Å². The summed E-state index contributed by atoms with van der Waals surface area (Å²) in [6, 6.07) is 16.6. The van der Waals surface area contributed by atoms with E-state index in [1.165, 1.54) is 31.4 Å². The molecule has 3 aromatic carbocycles. The third-order valence-corrected chi connectivity index (χ3v) is 6.87. The monoisotopic (exact) mass is 503 g/mol. The van der Waals surface area contributed by atoms with Gasteiger partial charge in [0.15, 0.2) is 0 Å². The van der Waals surface area contributed by atoms with E-state index in [0.29, 0.717) is 23.0 Å². The summed E-state index contributed by atoms with van der Waals surface area (Å²) in [5.74, 6) is -1.66. The Labute approximate surface area is 217 Å².